The standard InChI is InChI=1S/C62H70N10O13/c1-8-28-84-61(80)68-54(37(2)3)58(77)63-38(4)55(74)65-43-23-19-39(20-24-43)36-85-62(81)72-48-33-52(51(82-7)32-46(48)59(78)71-27-13-12-17-47(71)60(72)79)83-29-14-18-53(73)64-45-31-50(70(6)35-45)57(76)67-44-25-21-40(22-26-44)41-30-49(69(5)34-41)56(75)66-42-15-10-9-11-16-42/h8-11,15-16,19-26,30-35,37-38,47,54,60,79H,1,12-14,17-18,27-29,36H2,2-7H3,(H,63,77)(H,64,73)(H,65,74)(H,66,75)(H,67,76)(H,68,80)/t38-,47-,54-,60-/m0/s1. The number of hydrogen-bond donors (Lipinski definition) is 7. The number of fused-ring (bicyclic) bond motifs is 2. The zero-order valence-electron chi connectivity index (χ0n) is 48.1. The highest BCUT2D eigenvalue weighted by Crippen LogP contribution is 2.41. The number of aliphatic hydroxyl groups is 1. The maximum atomic E-state index is 14.2. The van der Waals surface area contributed by atoms with Gasteiger partial charge in [0.25, 0.3) is 17.7 Å². The third-order valence-corrected chi connectivity index (χ3v) is 14.4. The maximum Gasteiger partial charge on any atom is 0.416 e. The fourth-order valence-corrected chi connectivity index (χ4v) is 9.85. The molecule has 23 heteroatoms. The summed E-state index contributed by atoms with van der Waals surface area (Å²) >= 11 is 0. The Bertz CT molecular complexity index is 3430. The molecule has 8 rings (SSSR count). The lowest BCUT2D eigenvalue weighted by Gasteiger charge is -2.38. The third kappa shape index (κ3) is 15.2. The normalized spacial score (nSPS) is 15.2. The fourth-order valence-electron chi connectivity index (χ4n) is 9.85. The predicted octanol–water partition coefficient (Wildman–Crippen LogP) is 8.19. The molecule has 0 unspecified atom stereocenters. The number of nitrogens with one attached hydrogen (secondary N) is 6. The summed E-state index contributed by atoms with van der Waals surface area (Å²) in [5, 5.41) is 28.4. The average Bonchev–Trinajstić information content (AvgIpc) is 3.96. The quantitative estimate of drug-likeness (QED) is 0.0250. The van der Waals surface area contributed by atoms with Gasteiger partial charge in [0, 0.05) is 68.1 Å². The number of amides is 8. The molecule has 2 aliphatic rings. The molecule has 7 N–H and O–H groups in total. The molecule has 446 valence electrons. The molecule has 4 atom stereocenters. The van der Waals surface area contributed by atoms with Gasteiger partial charge in [-0.2, -0.15) is 0 Å². The summed E-state index contributed by atoms with van der Waals surface area (Å²) in [6.45, 7) is 8.51. The van der Waals surface area contributed by atoms with Crippen LogP contribution in [0.3, 0.4) is 0 Å². The molecule has 23 nitrogen and oxygen atoms in total. The van der Waals surface area contributed by atoms with E-state index < -0.39 is 60.2 Å². The molecule has 2 aliphatic heterocycles. The van der Waals surface area contributed by atoms with Crippen LogP contribution in [0, 0.1) is 5.92 Å². The summed E-state index contributed by atoms with van der Waals surface area (Å²) in [6, 6.07) is 26.4. The number of para-hydroxylation sites is 1. The predicted molar refractivity (Wildman–Crippen MR) is 318 cm³/mol. The zero-order chi connectivity index (χ0) is 60.9. The Balaban J connectivity index is 0.849. The van der Waals surface area contributed by atoms with Crippen LogP contribution in [-0.2, 0) is 44.6 Å². The first-order chi connectivity index (χ1) is 40.8. The van der Waals surface area contributed by atoms with E-state index in [9.17, 15) is 43.5 Å². The number of aromatic nitrogens is 2. The van der Waals surface area contributed by atoms with Gasteiger partial charge in [-0.15, -0.1) is 0 Å². The van der Waals surface area contributed by atoms with Gasteiger partial charge >= 0.3 is 12.2 Å². The van der Waals surface area contributed by atoms with Crippen molar-refractivity contribution in [3.8, 4) is 22.6 Å². The summed E-state index contributed by atoms with van der Waals surface area (Å²) in [6.07, 6.45) is 3.69. The van der Waals surface area contributed by atoms with Crippen LogP contribution in [0.4, 0.5) is 38.0 Å². The number of piperidine rings is 1. The number of carbonyl (C=O) groups is 8. The topological polar surface area (TPSA) is 282 Å². The Labute approximate surface area is 491 Å². The van der Waals surface area contributed by atoms with Gasteiger partial charge in [-0.05, 0) is 104 Å². The van der Waals surface area contributed by atoms with Gasteiger partial charge in [-0.25, -0.2) is 14.5 Å². The minimum Gasteiger partial charge on any atom is -0.493 e. The third-order valence-electron chi connectivity index (χ3n) is 14.4. The molecule has 1 saturated heterocycles. The van der Waals surface area contributed by atoms with E-state index in [-0.39, 0.29) is 73.1 Å². The first kappa shape index (κ1) is 61.2. The van der Waals surface area contributed by atoms with E-state index in [0.29, 0.717) is 65.5 Å². The molecule has 0 spiro atoms. The van der Waals surface area contributed by atoms with Gasteiger partial charge in [0.15, 0.2) is 17.7 Å². The van der Waals surface area contributed by atoms with Crippen molar-refractivity contribution in [2.24, 2.45) is 20.0 Å². The number of carbonyl (C=O) groups excluding carboxylic acids is 8. The molecule has 0 bridgehead atoms. The molecule has 2 aromatic heterocycles. The number of anilines is 5. The lowest BCUT2D eigenvalue weighted by Crippen LogP contribution is -2.55. The molecule has 0 saturated carbocycles. The van der Waals surface area contributed by atoms with E-state index in [2.05, 4.69) is 38.5 Å². The second-order valence-electron chi connectivity index (χ2n) is 20.9. The number of ether oxygens (including phenoxy) is 4. The van der Waals surface area contributed by atoms with Crippen LogP contribution in [-0.4, -0.2) is 118 Å². The van der Waals surface area contributed by atoms with Crippen molar-refractivity contribution in [2.45, 2.75) is 83.8 Å². The molecule has 8 amide bonds. The van der Waals surface area contributed by atoms with Crippen molar-refractivity contribution in [3.63, 3.8) is 0 Å². The highest BCUT2D eigenvalue weighted by Gasteiger charge is 2.44. The molecular formula is C62H70N10O13. The lowest BCUT2D eigenvalue weighted by molar-refractivity contribution is -0.128. The summed E-state index contributed by atoms with van der Waals surface area (Å²) in [5.74, 6) is -2.53. The van der Waals surface area contributed by atoms with Crippen LogP contribution in [0.1, 0.15) is 89.8 Å². The monoisotopic (exact) mass is 1160 g/mol. The van der Waals surface area contributed by atoms with E-state index >= 15 is 0 Å². The number of alkyl carbamates (subject to hydrolysis) is 1. The minimum absolute atomic E-state index is 0.00328. The number of aryl methyl sites for hydroxylation is 2. The first-order valence-corrected chi connectivity index (χ1v) is 27.8. The molecular weight excluding hydrogens is 1090 g/mol. The van der Waals surface area contributed by atoms with Crippen LogP contribution in [0.15, 0.2) is 128 Å². The van der Waals surface area contributed by atoms with Crippen molar-refractivity contribution in [1.29, 1.82) is 0 Å². The molecule has 4 heterocycles. The molecule has 6 aromatic rings. The van der Waals surface area contributed by atoms with Crippen LogP contribution in [0.25, 0.3) is 11.1 Å². The number of methoxy groups -OCH3 is 1. The van der Waals surface area contributed by atoms with E-state index in [1.807, 2.05) is 48.7 Å². The summed E-state index contributed by atoms with van der Waals surface area (Å²) < 4.78 is 25.9. The lowest BCUT2D eigenvalue weighted by atomic mass is 10.0. The van der Waals surface area contributed by atoms with Crippen molar-refractivity contribution < 1.29 is 62.4 Å². The Morgan fingerprint density at radius 2 is 1.38 bits per heavy atom. The van der Waals surface area contributed by atoms with Crippen molar-refractivity contribution in [3.05, 3.63) is 151 Å². The number of nitrogens with zero attached hydrogens (tertiary/aromatic N) is 4. The molecule has 0 aliphatic carbocycles. The maximum absolute atomic E-state index is 14.2. The van der Waals surface area contributed by atoms with Gasteiger partial charge < -0.3 is 70.0 Å². The van der Waals surface area contributed by atoms with Crippen LogP contribution in [0.2, 0.25) is 0 Å². The van der Waals surface area contributed by atoms with Gasteiger partial charge in [-0.1, -0.05) is 69.0 Å². The smallest absolute Gasteiger partial charge is 0.416 e. The molecule has 4 aromatic carbocycles. The number of rotatable bonds is 22. The Morgan fingerprint density at radius 3 is 2.06 bits per heavy atom. The van der Waals surface area contributed by atoms with Crippen molar-refractivity contribution in [1.82, 2.24) is 24.7 Å². The van der Waals surface area contributed by atoms with Gasteiger partial charge in [0.2, 0.25) is 17.7 Å². The first-order valence-electron chi connectivity index (χ1n) is 27.8. The summed E-state index contributed by atoms with van der Waals surface area (Å²) in [4.78, 5) is 109. The number of benzene rings is 4. The minimum atomic E-state index is -1.50. The van der Waals surface area contributed by atoms with Crippen molar-refractivity contribution in [2.75, 3.05) is 53.0 Å². The van der Waals surface area contributed by atoms with Crippen LogP contribution < -0.4 is 46.3 Å². The van der Waals surface area contributed by atoms with E-state index in [1.54, 1.807) is 96.7 Å². The number of aliphatic hydroxyl groups excluding tert-OH is 1. The highest BCUT2D eigenvalue weighted by atomic mass is 16.6. The van der Waals surface area contributed by atoms with Gasteiger partial charge in [0.1, 0.15) is 36.7 Å². The largest absolute Gasteiger partial charge is 0.493 e. The fraction of sp³-hybridized carbons (Fsp3) is 0.323. The van der Waals surface area contributed by atoms with E-state index in [4.69, 9.17) is 18.9 Å². The van der Waals surface area contributed by atoms with Crippen LogP contribution >= 0.6 is 0 Å². The molecule has 1 fully saturated rings. The average molecular weight is 1160 g/mol. The second kappa shape index (κ2) is 27.9. The van der Waals surface area contributed by atoms with Crippen molar-refractivity contribution >= 4 is 76.1 Å². The Morgan fingerprint density at radius 1 is 0.718 bits per heavy atom. The van der Waals surface area contributed by atoms with Gasteiger partial charge in [0.05, 0.1) is 36.7 Å². The molecule has 0 radical (unpaired) electrons. The zero-order valence-corrected chi connectivity index (χ0v) is 48.1. The number of hydrogen-bond acceptors (Lipinski definition) is 13. The highest BCUT2D eigenvalue weighted by molar-refractivity contribution is 6.07. The second-order valence-corrected chi connectivity index (χ2v) is 20.9. The van der Waals surface area contributed by atoms with E-state index in [1.165, 1.54) is 32.2 Å². The Kier molecular flexibility index (Phi) is 20.1. The van der Waals surface area contributed by atoms with E-state index in [0.717, 1.165) is 16.0 Å². The Hall–Kier alpha value is -9.90. The molecule has 85 heavy (non-hydrogen) atoms. The summed E-state index contributed by atoms with van der Waals surface area (Å²) in [5.41, 5.74) is 5.07. The van der Waals surface area contributed by atoms with Gasteiger partial charge in [-0.3, -0.25) is 28.8 Å². The van der Waals surface area contributed by atoms with Crippen LogP contribution in [0.5, 0.6) is 11.5 Å². The SMILES string of the molecule is C=CCOC(=O)N[C@H](C(=O)N[C@@H](C)C(=O)Nc1ccc(COC(=O)N2c3cc(OCCCC(=O)Nc4cc(C(=O)Nc5ccc(-c6cc(C(=O)Nc7ccccc7)n(C)c6)cc5)n(C)c4)c(OC)cc3C(=O)N3CCCC[C@H]3[C@@H]2O)cc1)C(C)C. The summed E-state index contributed by atoms with van der Waals surface area (Å²) in [7, 11) is 4.89.